The number of benzene rings is 1. The Balaban J connectivity index is 2.08. The Morgan fingerprint density at radius 3 is 2.45 bits per heavy atom. The van der Waals surface area contributed by atoms with E-state index in [4.69, 9.17) is 5.73 Å². The number of aliphatic carboxylic acids is 1. The average molecular weight is 276 g/mol. The van der Waals surface area contributed by atoms with Crippen LogP contribution in [0, 0.1) is 5.92 Å². The quantitative estimate of drug-likeness (QED) is 0.776. The Labute approximate surface area is 118 Å². The summed E-state index contributed by atoms with van der Waals surface area (Å²) in [5.41, 5.74) is 6.53. The van der Waals surface area contributed by atoms with Crippen molar-refractivity contribution in [2.45, 2.75) is 37.8 Å². The van der Waals surface area contributed by atoms with Crippen molar-refractivity contribution in [2.75, 3.05) is 0 Å². The van der Waals surface area contributed by atoms with Gasteiger partial charge in [-0.1, -0.05) is 43.2 Å². The molecule has 5 nitrogen and oxygen atoms in total. The Morgan fingerprint density at radius 1 is 1.20 bits per heavy atom. The zero-order valence-corrected chi connectivity index (χ0v) is 11.3. The van der Waals surface area contributed by atoms with Crippen LogP contribution in [0.15, 0.2) is 30.3 Å². The number of carboxylic acid groups (broad SMARTS) is 1. The van der Waals surface area contributed by atoms with Crippen LogP contribution in [0.5, 0.6) is 0 Å². The summed E-state index contributed by atoms with van der Waals surface area (Å²) in [6.45, 7) is 0. The standard InChI is InChI=1S/C15H20N2O3/c16-12-9-5-4-8-11(12)14(18)17-13(15(19)20)10-6-2-1-3-7-10/h1-3,6-7,11-13H,4-5,8-9,16H2,(H,17,18)(H,19,20)/t11?,12?,13-/m0/s1. The van der Waals surface area contributed by atoms with Gasteiger partial charge in [-0.15, -0.1) is 0 Å². The SMILES string of the molecule is NC1CCCCC1C(=O)N[C@H](C(=O)O)c1ccccc1. The summed E-state index contributed by atoms with van der Waals surface area (Å²) in [6, 6.07) is 7.51. The summed E-state index contributed by atoms with van der Waals surface area (Å²) < 4.78 is 0. The molecule has 2 rings (SSSR count). The fraction of sp³-hybridized carbons (Fsp3) is 0.467. The molecule has 3 atom stereocenters. The van der Waals surface area contributed by atoms with Gasteiger partial charge < -0.3 is 16.2 Å². The maximum absolute atomic E-state index is 12.2. The first-order valence-corrected chi connectivity index (χ1v) is 6.93. The fourth-order valence-corrected chi connectivity index (χ4v) is 2.67. The summed E-state index contributed by atoms with van der Waals surface area (Å²) in [4.78, 5) is 23.6. The number of hydrogen-bond acceptors (Lipinski definition) is 3. The molecule has 1 aliphatic rings. The molecule has 4 N–H and O–H groups in total. The number of carbonyl (C=O) groups excluding carboxylic acids is 1. The van der Waals surface area contributed by atoms with E-state index in [0.29, 0.717) is 5.56 Å². The molecule has 2 unspecified atom stereocenters. The minimum atomic E-state index is -1.06. The topological polar surface area (TPSA) is 92.4 Å². The first-order chi connectivity index (χ1) is 9.59. The maximum Gasteiger partial charge on any atom is 0.330 e. The van der Waals surface area contributed by atoms with Gasteiger partial charge in [0, 0.05) is 6.04 Å². The zero-order chi connectivity index (χ0) is 14.5. The number of carboxylic acids is 1. The van der Waals surface area contributed by atoms with Crippen molar-refractivity contribution in [3.63, 3.8) is 0 Å². The molecule has 1 aliphatic carbocycles. The molecule has 0 radical (unpaired) electrons. The highest BCUT2D eigenvalue weighted by Crippen LogP contribution is 2.24. The van der Waals surface area contributed by atoms with Gasteiger partial charge in [0.1, 0.15) is 0 Å². The third-order valence-corrected chi connectivity index (χ3v) is 3.82. The minimum Gasteiger partial charge on any atom is -0.479 e. The normalized spacial score (nSPS) is 23.9. The van der Waals surface area contributed by atoms with Gasteiger partial charge in [-0.2, -0.15) is 0 Å². The highest BCUT2D eigenvalue weighted by molar-refractivity contribution is 5.86. The lowest BCUT2D eigenvalue weighted by molar-refractivity contribution is -0.143. The van der Waals surface area contributed by atoms with E-state index in [9.17, 15) is 14.7 Å². The molecule has 0 aliphatic heterocycles. The van der Waals surface area contributed by atoms with Crippen LogP contribution in [-0.4, -0.2) is 23.0 Å². The van der Waals surface area contributed by atoms with Gasteiger partial charge in [0.15, 0.2) is 6.04 Å². The zero-order valence-electron chi connectivity index (χ0n) is 11.3. The van der Waals surface area contributed by atoms with E-state index in [-0.39, 0.29) is 17.9 Å². The van der Waals surface area contributed by atoms with Crippen LogP contribution in [0.3, 0.4) is 0 Å². The summed E-state index contributed by atoms with van der Waals surface area (Å²) in [6.07, 6.45) is 3.55. The highest BCUT2D eigenvalue weighted by Gasteiger charge is 2.31. The van der Waals surface area contributed by atoms with Crippen molar-refractivity contribution in [1.29, 1.82) is 0 Å². The van der Waals surface area contributed by atoms with Crippen LogP contribution in [0.2, 0.25) is 0 Å². The predicted molar refractivity (Wildman–Crippen MR) is 74.9 cm³/mol. The molecule has 1 aromatic carbocycles. The number of hydrogen-bond donors (Lipinski definition) is 3. The largest absolute Gasteiger partial charge is 0.479 e. The molecular weight excluding hydrogens is 256 g/mol. The third kappa shape index (κ3) is 3.36. The number of carbonyl (C=O) groups is 2. The maximum atomic E-state index is 12.2. The van der Waals surface area contributed by atoms with Crippen LogP contribution in [0.1, 0.15) is 37.3 Å². The lowest BCUT2D eigenvalue weighted by atomic mass is 9.84. The molecule has 1 aromatic rings. The first-order valence-electron chi connectivity index (χ1n) is 6.93. The number of rotatable bonds is 4. The minimum absolute atomic E-state index is 0.172. The summed E-state index contributed by atoms with van der Waals surface area (Å²) >= 11 is 0. The van der Waals surface area contributed by atoms with E-state index in [0.717, 1.165) is 25.7 Å². The second-order valence-electron chi connectivity index (χ2n) is 5.25. The van der Waals surface area contributed by atoms with Gasteiger partial charge in [0.25, 0.3) is 0 Å². The first kappa shape index (κ1) is 14.5. The monoisotopic (exact) mass is 276 g/mol. The van der Waals surface area contributed by atoms with E-state index in [2.05, 4.69) is 5.32 Å². The predicted octanol–water partition coefficient (Wildman–Crippen LogP) is 1.45. The van der Waals surface area contributed by atoms with Gasteiger partial charge in [-0.05, 0) is 18.4 Å². The second kappa shape index (κ2) is 6.52. The fourth-order valence-electron chi connectivity index (χ4n) is 2.67. The third-order valence-electron chi connectivity index (χ3n) is 3.82. The van der Waals surface area contributed by atoms with E-state index < -0.39 is 12.0 Å². The molecule has 0 spiro atoms. The lowest BCUT2D eigenvalue weighted by Gasteiger charge is -2.28. The van der Waals surface area contributed by atoms with Crippen molar-refractivity contribution in [3.05, 3.63) is 35.9 Å². The van der Waals surface area contributed by atoms with Gasteiger partial charge >= 0.3 is 5.97 Å². The van der Waals surface area contributed by atoms with Crippen LogP contribution in [0.4, 0.5) is 0 Å². The van der Waals surface area contributed by atoms with Crippen LogP contribution in [0.25, 0.3) is 0 Å². The molecule has 1 fully saturated rings. The van der Waals surface area contributed by atoms with Crippen molar-refractivity contribution < 1.29 is 14.7 Å². The van der Waals surface area contributed by atoms with Crippen molar-refractivity contribution in [1.82, 2.24) is 5.32 Å². The van der Waals surface area contributed by atoms with E-state index in [1.807, 2.05) is 0 Å². The molecule has 1 amide bonds. The average Bonchev–Trinajstić information content (AvgIpc) is 2.45. The summed E-state index contributed by atoms with van der Waals surface area (Å²) in [5.74, 6) is -1.60. The van der Waals surface area contributed by atoms with Crippen LogP contribution < -0.4 is 11.1 Å². The van der Waals surface area contributed by atoms with Crippen molar-refractivity contribution >= 4 is 11.9 Å². The molecule has 5 heteroatoms. The van der Waals surface area contributed by atoms with Gasteiger partial charge in [0.05, 0.1) is 5.92 Å². The molecular formula is C15H20N2O3. The Kier molecular flexibility index (Phi) is 4.74. The Bertz CT molecular complexity index is 475. The molecule has 0 aromatic heterocycles. The number of nitrogens with one attached hydrogen (secondary N) is 1. The van der Waals surface area contributed by atoms with Gasteiger partial charge in [-0.25, -0.2) is 4.79 Å². The van der Waals surface area contributed by atoms with E-state index >= 15 is 0 Å². The number of amides is 1. The summed E-state index contributed by atoms with van der Waals surface area (Å²) in [5, 5.41) is 11.9. The molecule has 20 heavy (non-hydrogen) atoms. The molecule has 1 saturated carbocycles. The molecule has 0 heterocycles. The Hall–Kier alpha value is -1.88. The van der Waals surface area contributed by atoms with Crippen LogP contribution >= 0.6 is 0 Å². The van der Waals surface area contributed by atoms with E-state index in [1.165, 1.54) is 0 Å². The van der Waals surface area contributed by atoms with Gasteiger partial charge in [-0.3, -0.25) is 4.79 Å². The highest BCUT2D eigenvalue weighted by atomic mass is 16.4. The second-order valence-corrected chi connectivity index (χ2v) is 5.25. The summed E-state index contributed by atoms with van der Waals surface area (Å²) in [7, 11) is 0. The Morgan fingerprint density at radius 2 is 1.85 bits per heavy atom. The smallest absolute Gasteiger partial charge is 0.330 e. The van der Waals surface area contributed by atoms with Crippen molar-refractivity contribution in [3.8, 4) is 0 Å². The lowest BCUT2D eigenvalue weighted by Crippen LogP contribution is -2.46. The molecule has 108 valence electrons. The molecule has 0 saturated heterocycles. The van der Waals surface area contributed by atoms with Crippen LogP contribution in [-0.2, 0) is 9.59 Å². The molecule has 0 bridgehead atoms. The van der Waals surface area contributed by atoms with Crippen molar-refractivity contribution in [2.24, 2.45) is 11.7 Å². The van der Waals surface area contributed by atoms with E-state index in [1.54, 1.807) is 30.3 Å². The van der Waals surface area contributed by atoms with Gasteiger partial charge in [0.2, 0.25) is 5.91 Å². The number of nitrogens with two attached hydrogens (primary N) is 1.